The second-order valence-electron chi connectivity index (χ2n) is 6.72. The molecule has 1 saturated heterocycles. The first kappa shape index (κ1) is 19.0. The van der Waals surface area contributed by atoms with E-state index in [1.165, 1.54) is 0 Å². The summed E-state index contributed by atoms with van der Waals surface area (Å²) in [7, 11) is -4.00. The average molecular weight is 375 g/mol. The number of nitrogens with two attached hydrogens (primary N) is 2. The SMILES string of the molecule is N[C@@H](c1ccccc1)C(NS(N)(=O)=O)(c1ccccc1)N1CCCCC1. The van der Waals surface area contributed by atoms with Crippen LogP contribution in [-0.4, -0.2) is 26.4 Å². The van der Waals surface area contributed by atoms with Crippen LogP contribution in [0.3, 0.4) is 0 Å². The molecular weight excluding hydrogens is 348 g/mol. The van der Waals surface area contributed by atoms with E-state index in [0.29, 0.717) is 0 Å². The minimum atomic E-state index is -4.00. The van der Waals surface area contributed by atoms with Gasteiger partial charge >= 0.3 is 0 Å². The Morgan fingerprint density at radius 3 is 2.00 bits per heavy atom. The van der Waals surface area contributed by atoms with Gasteiger partial charge in [0.1, 0.15) is 5.66 Å². The van der Waals surface area contributed by atoms with Gasteiger partial charge in [0, 0.05) is 13.1 Å². The summed E-state index contributed by atoms with van der Waals surface area (Å²) in [5.41, 5.74) is 7.21. The van der Waals surface area contributed by atoms with Crippen molar-refractivity contribution in [2.75, 3.05) is 13.1 Å². The lowest BCUT2D eigenvalue weighted by atomic mass is 9.85. The van der Waals surface area contributed by atoms with E-state index in [1.807, 2.05) is 60.7 Å². The van der Waals surface area contributed by atoms with Crippen molar-refractivity contribution in [1.29, 1.82) is 0 Å². The molecule has 3 rings (SSSR count). The van der Waals surface area contributed by atoms with Crippen LogP contribution in [0.5, 0.6) is 0 Å². The Morgan fingerprint density at radius 1 is 0.923 bits per heavy atom. The van der Waals surface area contributed by atoms with Crippen LogP contribution >= 0.6 is 0 Å². The zero-order valence-corrected chi connectivity index (χ0v) is 15.5. The Balaban J connectivity index is 2.19. The molecule has 0 radical (unpaired) electrons. The molecule has 0 bridgehead atoms. The highest BCUT2D eigenvalue weighted by Gasteiger charge is 2.47. The van der Waals surface area contributed by atoms with Crippen molar-refractivity contribution in [2.45, 2.75) is 31.0 Å². The van der Waals surface area contributed by atoms with Crippen molar-refractivity contribution in [3.63, 3.8) is 0 Å². The number of hydrogen-bond acceptors (Lipinski definition) is 4. The van der Waals surface area contributed by atoms with Crippen LogP contribution in [-0.2, 0) is 15.9 Å². The van der Waals surface area contributed by atoms with E-state index >= 15 is 0 Å². The van der Waals surface area contributed by atoms with Crippen molar-refractivity contribution < 1.29 is 8.42 Å². The third kappa shape index (κ3) is 3.97. The highest BCUT2D eigenvalue weighted by Crippen LogP contribution is 2.39. The van der Waals surface area contributed by atoms with E-state index in [2.05, 4.69) is 9.62 Å². The first-order valence-corrected chi connectivity index (χ1v) is 10.4. The molecule has 0 aromatic heterocycles. The zero-order valence-electron chi connectivity index (χ0n) is 14.7. The third-order valence-electron chi connectivity index (χ3n) is 4.98. The van der Waals surface area contributed by atoms with Crippen molar-refractivity contribution in [1.82, 2.24) is 9.62 Å². The molecule has 0 amide bonds. The lowest BCUT2D eigenvalue weighted by Crippen LogP contribution is -2.65. The quantitative estimate of drug-likeness (QED) is 0.718. The normalized spacial score (nSPS) is 19.6. The molecule has 1 fully saturated rings. The van der Waals surface area contributed by atoms with Gasteiger partial charge in [-0.05, 0) is 24.0 Å². The summed E-state index contributed by atoms with van der Waals surface area (Å²) >= 11 is 0. The van der Waals surface area contributed by atoms with Crippen LogP contribution in [0.15, 0.2) is 60.7 Å². The summed E-state index contributed by atoms with van der Waals surface area (Å²) in [6.07, 6.45) is 3.10. The second kappa shape index (κ2) is 7.85. The van der Waals surface area contributed by atoms with E-state index in [4.69, 9.17) is 10.9 Å². The van der Waals surface area contributed by atoms with E-state index < -0.39 is 21.9 Å². The maximum absolute atomic E-state index is 12.2. The van der Waals surface area contributed by atoms with Gasteiger partial charge in [-0.3, -0.25) is 4.90 Å². The van der Waals surface area contributed by atoms with Gasteiger partial charge < -0.3 is 5.73 Å². The molecule has 7 heteroatoms. The highest BCUT2D eigenvalue weighted by atomic mass is 32.2. The van der Waals surface area contributed by atoms with E-state index in [1.54, 1.807) is 0 Å². The number of benzene rings is 2. The minimum absolute atomic E-state index is 0.623. The molecule has 140 valence electrons. The molecule has 1 heterocycles. The molecule has 1 aliphatic rings. The van der Waals surface area contributed by atoms with Gasteiger partial charge in [0.15, 0.2) is 0 Å². The summed E-state index contributed by atoms with van der Waals surface area (Å²) < 4.78 is 27.1. The number of piperidine rings is 1. The van der Waals surface area contributed by atoms with Gasteiger partial charge in [0.2, 0.25) is 0 Å². The Kier molecular flexibility index (Phi) is 5.74. The van der Waals surface area contributed by atoms with Crippen LogP contribution in [0.2, 0.25) is 0 Å². The summed E-state index contributed by atoms with van der Waals surface area (Å²) in [6.45, 7) is 1.50. The van der Waals surface area contributed by atoms with E-state index in [0.717, 1.165) is 43.5 Å². The topological polar surface area (TPSA) is 101 Å². The molecule has 0 spiro atoms. The van der Waals surface area contributed by atoms with Gasteiger partial charge in [-0.2, -0.15) is 13.1 Å². The fourth-order valence-electron chi connectivity index (χ4n) is 3.80. The van der Waals surface area contributed by atoms with Crippen molar-refractivity contribution in [3.8, 4) is 0 Å². The molecule has 0 saturated carbocycles. The molecule has 2 aromatic rings. The van der Waals surface area contributed by atoms with Crippen molar-refractivity contribution in [2.24, 2.45) is 10.9 Å². The Bertz CT molecular complexity index is 808. The van der Waals surface area contributed by atoms with Gasteiger partial charge in [-0.15, -0.1) is 0 Å². The minimum Gasteiger partial charge on any atom is -0.321 e. The van der Waals surface area contributed by atoms with Gasteiger partial charge in [0.05, 0.1) is 6.04 Å². The van der Waals surface area contributed by atoms with Gasteiger partial charge in [-0.1, -0.05) is 67.1 Å². The molecular formula is C19H26N4O2S. The molecule has 26 heavy (non-hydrogen) atoms. The van der Waals surface area contributed by atoms with Crippen LogP contribution in [0.25, 0.3) is 0 Å². The molecule has 5 N–H and O–H groups in total. The summed E-state index contributed by atoms with van der Waals surface area (Å²) in [5.74, 6) is 0. The Hall–Kier alpha value is -1.77. The molecule has 2 atom stereocenters. The number of nitrogens with zero attached hydrogens (tertiary/aromatic N) is 1. The lowest BCUT2D eigenvalue weighted by Gasteiger charge is -2.49. The van der Waals surface area contributed by atoms with Crippen LogP contribution in [0.4, 0.5) is 0 Å². The fraction of sp³-hybridized carbons (Fsp3) is 0.368. The Labute approximate surface area is 155 Å². The highest BCUT2D eigenvalue weighted by molar-refractivity contribution is 7.87. The number of hydrogen-bond donors (Lipinski definition) is 3. The largest absolute Gasteiger partial charge is 0.321 e. The van der Waals surface area contributed by atoms with Crippen LogP contribution in [0.1, 0.15) is 36.4 Å². The number of nitrogens with one attached hydrogen (secondary N) is 1. The summed E-state index contributed by atoms with van der Waals surface area (Å²) in [6, 6.07) is 18.4. The fourth-order valence-corrected chi connectivity index (χ4v) is 4.61. The molecule has 2 aromatic carbocycles. The summed E-state index contributed by atoms with van der Waals surface area (Å²) in [5, 5.41) is 5.46. The van der Waals surface area contributed by atoms with Gasteiger partial charge in [-0.25, -0.2) is 5.14 Å². The third-order valence-corrected chi connectivity index (χ3v) is 5.57. The average Bonchev–Trinajstić information content (AvgIpc) is 2.67. The van der Waals surface area contributed by atoms with Crippen LogP contribution in [0, 0.1) is 0 Å². The van der Waals surface area contributed by atoms with E-state index in [-0.39, 0.29) is 0 Å². The van der Waals surface area contributed by atoms with Gasteiger partial charge in [0.25, 0.3) is 10.2 Å². The maximum atomic E-state index is 12.2. The second-order valence-corrected chi connectivity index (χ2v) is 8.01. The van der Waals surface area contributed by atoms with Crippen molar-refractivity contribution >= 4 is 10.2 Å². The molecule has 0 aliphatic carbocycles. The number of rotatable bonds is 6. The maximum Gasteiger partial charge on any atom is 0.276 e. The molecule has 6 nitrogen and oxygen atoms in total. The lowest BCUT2D eigenvalue weighted by molar-refractivity contribution is 0.0292. The smallest absolute Gasteiger partial charge is 0.276 e. The predicted octanol–water partition coefficient (Wildman–Crippen LogP) is 1.82. The first-order valence-electron chi connectivity index (χ1n) is 8.86. The van der Waals surface area contributed by atoms with E-state index in [9.17, 15) is 8.42 Å². The molecule has 1 unspecified atom stereocenters. The predicted molar refractivity (Wildman–Crippen MR) is 103 cm³/mol. The first-order chi connectivity index (χ1) is 12.4. The monoisotopic (exact) mass is 374 g/mol. The standard InChI is InChI=1S/C19H26N4O2S/c20-18(16-10-4-1-5-11-16)19(22-26(21,24)25,17-12-6-2-7-13-17)23-14-8-3-9-15-23/h1-2,4-7,10-13,18,22H,3,8-9,14-15,20H2,(H2,21,24,25)/t18-,19?/m0/s1. The van der Waals surface area contributed by atoms with Crippen LogP contribution < -0.4 is 15.6 Å². The molecule has 1 aliphatic heterocycles. The van der Waals surface area contributed by atoms with Crippen molar-refractivity contribution in [3.05, 3.63) is 71.8 Å². The summed E-state index contributed by atoms with van der Waals surface area (Å²) in [4.78, 5) is 2.12. The number of likely N-dealkylation sites (tertiary alicyclic amines) is 1. The Morgan fingerprint density at radius 2 is 1.46 bits per heavy atom. The zero-order chi connectivity index (χ0) is 18.6.